The molecule has 0 fully saturated rings. The average Bonchev–Trinajstić information content (AvgIpc) is 2.41. The van der Waals surface area contributed by atoms with Crippen molar-refractivity contribution in [2.24, 2.45) is 0 Å². The highest BCUT2D eigenvalue weighted by molar-refractivity contribution is 9.10. The molecule has 0 bridgehead atoms. The van der Waals surface area contributed by atoms with Crippen LogP contribution in [0.25, 0.3) is 0 Å². The van der Waals surface area contributed by atoms with Gasteiger partial charge in [0.25, 0.3) is 0 Å². The van der Waals surface area contributed by atoms with Gasteiger partial charge in [0.1, 0.15) is 0 Å². The molecule has 0 spiro atoms. The smallest absolute Gasteiger partial charge is 0.224 e. The fourth-order valence-electron chi connectivity index (χ4n) is 1.98. The zero-order chi connectivity index (χ0) is 14.5. The minimum atomic E-state index is -0.0199. The molecule has 0 aliphatic rings. The quantitative estimate of drug-likeness (QED) is 0.801. The molecule has 2 rings (SSSR count). The molecular weight excluding hydrogens is 382 g/mol. The Balaban J connectivity index is 1.98. The fraction of sp³-hybridized carbons (Fsp3) is 0.188. The number of carbonyl (C=O) groups is 1. The maximum absolute atomic E-state index is 12.1. The number of hydrogen-bond acceptors (Lipinski definition) is 1. The van der Waals surface area contributed by atoms with Crippen molar-refractivity contribution in [1.29, 1.82) is 0 Å². The van der Waals surface area contributed by atoms with Gasteiger partial charge in [-0.05, 0) is 36.2 Å². The lowest BCUT2D eigenvalue weighted by Crippen LogP contribution is -2.28. The van der Waals surface area contributed by atoms with Crippen LogP contribution in [-0.4, -0.2) is 5.91 Å². The summed E-state index contributed by atoms with van der Waals surface area (Å²) in [6, 6.07) is 15.7. The van der Waals surface area contributed by atoms with Crippen LogP contribution < -0.4 is 5.32 Å². The van der Waals surface area contributed by atoms with Crippen LogP contribution in [0.1, 0.15) is 24.1 Å². The minimum Gasteiger partial charge on any atom is -0.349 e. The molecule has 0 saturated carbocycles. The van der Waals surface area contributed by atoms with E-state index in [1.807, 2.05) is 55.5 Å². The first kappa shape index (κ1) is 15.3. The number of nitrogens with one attached hydrogen (secondary N) is 1. The molecule has 2 nitrogen and oxygen atoms in total. The maximum Gasteiger partial charge on any atom is 0.224 e. The molecule has 0 heterocycles. The SMILES string of the molecule is CC(NC(=O)Cc1ccc(Br)cc1)c1ccccc1Br. The second-order valence-electron chi connectivity index (χ2n) is 4.61. The highest BCUT2D eigenvalue weighted by Crippen LogP contribution is 2.22. The van der Waals surface area contributed by atoms with Crippen molar-refractivity contribution in [2.75, 3.05) is 0 Å². The minimum absolute atomic E-state index is 0.0199. The first-order valence-corrected chi connectivity index (χ1v) is 7.93. The molecule has 1 amide bonds. The van der Waals surface area contributed by atoms with Gasteiger partial charge in [0.15, 0.2) is 0 Å². The van der Waals surface area contributed by atoms with Crippen molar-refractivity contribution in [2.45, 2.75) is 19.4 Å². The van der Waals surface area contributed by atoms with E-state index in [4.69, 9.17) is 0 Å². The molecule has 0 aromatic heterocycles. The Morgan fingerprint density at radius 1 is 1.10 bits per heavy atom. The molecule has 1 unspecified atom stereocenters. The Kier molecular flexibility index (Phi) is 5.38. The summed E-state index contributed by atoms with van der Waals surface area (Å²) in [7, 11) is 0. The number of benzene rings is 2. The zero-order valence-electron chi connectivity index (χ0n) is 11.1. The molecule has 1 N–H and O–H groups in total. The van der Waals surface area contributed by atoms with E-state index >= 15 is 0 Å². The van der Waals surface area contributed by atoms with E-state index in [0.717, 1.165) is 20.1 Å². The summed E-state index contributed by atoms with van der Waals surface area (Å²) < 4.78 is 2.03. The van der Waals surface area contributed by atoms with Gasteiger partial charge >= 0.3 is 0 Å². The molecule has 0 aliphatic carbocycles. The van der Waals surface area contributed by atoms with Crippen molar-refractivity contribution >= 4 is 37.8 Å². The average molecular weight is 397 g/mol. The lowest BCUT2D eigenvalue weighted by Gasteiger charge is -2.16. The van der Waals surface area contributed by atoms with Crippen LogP contribution in [0.5, 0.6) is 0 Å². The Morgan fingerprint density at radius 2 is 1.75 bits per heavy atom. The second-order valence-corrected chi connectivity index (χ2v) is 6.38. The van der Waals surface area contributed by atoms with Gasteiger partial charge in [0, 0.05) is 8.95 Å². The van der Waals surface area contributed by atoms with Gasteiger partial charge in [-0.3, -0.25) is 4.79 Å². The molecule has 20 heavy (non-hydrogen) atoms. The Labute approximate surface area is 135 Å². The van der Waals surface area contributed by atoms with Crippen LogP contribution in [0, 0.1) is 0 Å². The van der Waals surface area contributed by atoms with Crippen LogP contribution in [0.15, 0.2) is 57.5 Å². The fourth-order valence-corrected chi connectivity index (χ4v) is 2.88. The zero-order valence-corrected chi connectivity index (χ0v) is 14.2. The molecule has 2 aromatic rings. The van der Waals surface area contributed by atoms with Gasteiger partial charge in [-0.25, -0.2) is 0 Å². The van der Waals surface area contributed by atoms with Crippen molar-refractivity contribution in [3.63, 3.8) is 0 Å². The molecular formula is C16H15Br2NO. The number of amides is 1. The van der Waals surface area contributed by atoms with Crippen LogP contribution in [0.4, 0.5) is 0 Å². The van der Waals surface area contributed by atoms with Crippen molar-refractivity contribution in [1.82, 2.24) is 5.32 Å². The third kappa shape index (κ3) is 4.18. The van der Waals surface area contributed by atoms with Gasteiger partial charge in [0.05, 0.1) is 12.5 Å². The second kappa shape index (κ2) is 7.04. The highest BCUT2D eigenvalue weighted by atomic mass is 79.9. The monoisotopic (exact) mass is 395 g/mol. The van der Waals surface area contributed by atoms with E-state index in [1.165, 1.54) is 0 Å². The van der Waals surface area contributed by atoms with Crippen molar-refractivity contribution in [3.8, 4) is 0 Å². The first-order valence-electron chi connectivity index (χ1n) is 6.34. The Bertz CT molecular complexity index is 596. The molecule has 0 radical (unpaired) electrons. The topological polar surface area (TPSA) is 29.1 Å². The number of hydrogen-bond donors (Lipinski definition) is 1. The van der Waals surface area contributed by atoms with Crippen LogP contribution in [0.2, 0.25) is 0 Å². The van der Waals surface area contributed by atoms with E-state index < -0.39 is 0 Å². The Hall–Kier alpha value is -1.13. The van der Waals surface area contributed by atoms with Crippen LogP contribution >= 0.6 is 31.9 Å². The van der Waals surface area contributed by atoms with E-state index in [-0.39, 0.29) is 11.9 Å². The summed E-state index contributed by atoms with van der Waals surface area (Å²) in [6.07, 6.45) is 0.391. The van der Waals surface area contributed by atoms with E-state index in [1.54, 1.807) is 0 Å². The lowest BCUT2D eigenvalue weighted by molar-refractivity contribution is -0.121. The van der Waals surface area contributed by atoms with E-state index in [9.17, 15) is 4.79 Å². The normalized spacial score (nSPS) is 11.9. The standard InChI is InChI=1S/C16H15Br2NO/c1-11(14-4-2-3-5-15(14)18)19-16(20)10-12-6-8-13(17)9-7-12/h2-9,11H,10H2,1H3,(H,19,20). The third-order valence-electron chi connectivity index (χ3n) is 3.03. The van der Waals surface area contributed by atoms with Crippen LogP contribution in [0.3, 0.4) is 0 Å². The highest BCUT2D eigenvalue weighted by Gasteiger charge is 2.12. The third-order valence-corrected chi connectivity index (χ3v) is 4.28. The lowest BCUT2D eigenvalue weighted by atomic mass is 10.1. The van der Waals surface area contributed by atoms with Crippen molar-refractivity contribution in [3.05, 3.63) is 68.6 Å². The number of halogens is 2. The molecule has 104 valence electrons. The van der Waals surface area contributed by atoms with Gasteiger partial charge < -0.3 is 5.32 Å². The van der Waals surface area contributed by atoms with Crippen molar-refractivity contribution < 1.29 is 4.79 Å². The van der Waals surface area contributed by atoms with Crippen LogP contribution in [-0.2, 0) is 11.2 Å². The summed E-state index contributed by atoms with van der Waals surface area (Å²) in [5.74, 6) is 0.0237. The Morgan fingerprint density at radius 3 is 2.40 bits per heavy atom. The van der Waals surface area contributed by atoms with Gasteiger partial charge in [-0.2, -0.15) is 0 Å². The predicted octanol–water partition coefficient (Wildman–Crippen LogP) is 4.63. The first-order chi connectivity index (χ1) is 9.56. The summed E-state index contributed by atoms with van der Waals surface area (Å²) in [4.78, 5) is 12.1. The summed E-state index contributed by atoms with van der Waals surface area (Å²) in [5, 5.41) is 3.02. The van der Waals surface area contributed by atoms with E-state index in [0.29, 0.717) is 6.42 Å². The van der Waals surface area contributed by atoms with Gasteiger partial charge in [0.2, 0.25) is 5.91 Å². The number of carbonyl (C=O) groups excluding carboxylic acids is 1. The molecule has 4 heteroatoms. The number of rotatable bonds is 4. The summed E-state index contributed by atoms with van der Waals surface area (Å²) >= 11 is 6.89. The maximum atomic E-state index is 12.1. The predicted molar refractivity (Wildman–Crippen MR) is 88.5 cm³/mol. The van der Waals surface area contributed by atoms with Gasteiger partial charge in [-0.15, -0.1) is 0 Å². The molecule has 0 aliphatic heterocycles. The summed E-state index contributed by atoms with van der Waals surface area (Å²) in [5.41, 5.74) is 2.08. The van der Waals surface area contributed by atoms with E-state index in [2.05, 4.69) is 37.2 Å². The molecule has 0 saturated heterocycles. The largest absolute Gasteiger partial charge is 0.349 e. The molecule has 1 atom stereocenters. The molecule has 2 aromatic carbocycles. The van der Waals surface area contributed by atoms with Gasteiger partial charge in [-0.1, -0.05) is 62.2 Å². The summed E-state index contributed by atoms with van der Waals surface area (Å²) in [6.45, 7) is 1.99.